The number of hydrogen-bond donors (Lipinski definition) is 1. The van der Waals surface area contributed by atoms with Crippen LogP contribution in [0.2, 0.25) is 5.15 Å². The molecule has 5 atom stereocenters. The maximum Gasteiger partial charge on any atom is 0.130 e. The Morgan fingerprint density at radius 1 is 1.44 bits per heavy atom. The molecule has 2 aliphatic heterocycles. The van der Waals surface area contributed by atoms with E-state index in [0.29, 0.717) is 10.7 Å². The first-order valence-electron chi connectivity index (χ1n) is 9.19. The second-order valence-corrected chi connectivity index (χ2v) is 8.12. The summed E-state index contributed by atoms with van der Waals surface area (Å²) in [7, 11) is 1.65. The van der Waals surface area contributed by atoms with E-state index in [9.17, 15) is 5.11 Å². The van der Waals surface area contributed by atoms with Gasteiger partial charge in [-0.2, -0.15) is 0 Å². The number of fused-ring (bicyclic) bond motifs is 1. The average Bonchev–Trinajstić information content (AvgIpc) is 3.18. The van der Waals surface area contributed by atoms with Crippen molar-refractivity contribution in [1.29, 1.82) is 0 Å². The lowest BCUT2D eigenvalue weighted by atomic mass is 9.82. The third-order valence-corrected chi connectivity index (χ3v) is 7.15. The van der Waals surface area contributed by atoms with Gasteiger partial charge >= 0.3 is 0 Å². The lowest BCUT2D eigenvalue weighted by Crippen LogP contribution is -2.59. The summed E-state index contributed by atoms with van der Waals surface area (Å²) in [6.07, 6.45) is 3.10. The number of aliphatic hydroxyl groups excluding tert-OH is 1. The fourth-order valence-electron chi connectivity index (χ4n) is 5.87. The van der Waals surface area contributed by atoms with E-state index >= 15 is 0 Å². The number of methoxy groups -OCH3 is 1. The van der Waals surface area contributed by atoms with Gasteiger partial charge in [-0.1, -0.05) is 24.9 Å². The Morgan fingerprint density at radius 3 is 3.00 bits per heavy atom. The molecule has 3 heterocycles. The van der Waals surface area contributed by atoms with Gasteiger partial charge in [0.1, 0.15) is 10.9 Å². The van der Waals surface area contributed by atoms with Crippen molar-refractivity contribution in [3.05, 3.63) is 35.0 Å². The smallest absolute Gasteiger partial charge is 0.130 e. The van der Waals surface area contributed by atoms with Crippen molar-refractivity contribution in [1.82, 2.24) is 9.88 Å². The summed E-state index contributed by atoms with van der Waals surface area (Å²) in [6.45, 7) is 3.41. The van der Waals surface area contributed by atoms with E-state index in [4.69, 9.17) is 16.3 Å². The van der Waals surface area contributed by atoms with Crippen LogP contribution in [0.3, 0.4) is 0 Å². The highest BCUT2D eigenvalue weighted by Gasteiger charge is 2.76. The molecule has 1 aromatic heterocycles. The van der Waals surface area contributed by atoms with Gasteiger partial charge in [0.25, 0.3) is 0 Å². The topological polar surface area (TPSA) is 45.6 Å². The first-order chi connectivity index (χ1) is 12.1. The van der Waals surface area contributed by atoms with Gasteiger partial charge in [0.2, 0.25) is 0 Å². The van der Waals surface area contributed by atoms with E-state index in [1.807, 2.05) is 24.3 Å². The zero-order valence-electron chi connectivity index (χ0n) is 14.6. The number of nitrogens with zero attached hydrogens (tertiary/aromatic N) is 2. The monoisotopic (exact) mass is 358 g/mol. The molecule has 1 N–H and O–H groups in total. The number of aromatic nitrogens is 1. The first-order valence-corrected chi connectivity index (χ1v) is 9.57. The van der Waals surface area contributed by atoms with Crippen molar-refractivity contribution in [3.8, 4) is 5.75 Å². The summed E-state index contributed by atoms with van der Waals surface area (Å²) in [5.74, 6) is 2.46. The summed E-state index contributed by atoms with van der Waals surface area (Å²) in [6, 6.07) is 7.73. The molecule has 0 bridgehead atoms. The van der Waals surface area contributed by atoms with Crippen LogP contribution in [0, 0.1) is 11.8 Å². The van der Waals surface area contributed by atoms with Crippen LogP contribution in [0.25, 0.3) is 10.9 Å². The lowest BCUT2D eigenvalue weighted by molar-refractivity contribution is -0.0688. The lowest BCUT2D eigenvalue weighted by Gasteiger charge is -2.51. The fourth-order valence-corrected chi connectivity index (χ4v) is 6.08. The zero-order chi connectivity index (χ0) is 17.3. The minimum Gasteiger partial charge on any atom is -0.497 e. The van der Waals surface area contributed by atoms with Crippen molar-refractivity contribution in [2.75, 3.05) is 13.7 Å². The molecule has 5 rings (SSSR count). The number of rotatable bonds is 4. The predicted molar refractivity (Wildman–Crippen MR) is 98.0 cm³/mol. The minimum absolute atomic E-state index is 0.189. The largest absolute Gasteiger partial charge is 0.497 e. The Bertz CT molecular complexity index is 851. The number of aliphatic hydroxyl groups is 1. The fraction of sp³-hybridized carbons (Fsp3) is 0.550. The summed E-state index contributed by atoms with van der Waals surface area (Å²) >= 11 is 6.23. The van der Waals surface area contributed by atoms with Gasteiger partial charge in [-0.15, -0.1) is 0 Å². The molecule has 2 aromatic rings. The van der Waals surface area contributed by atoms with E-state index in [0.717, 1.165) is 47.0 Å². The van der Waals surface area contributed by atoms with Crippen LogP contribution in [-0.4, -0.2) is 40.2 Å². The summed E-state index contributed by atoms with van der Waals surface area (Å²) in [4.78, 5) is 6.96. The standard InChI is InChI=1S/C20H23ClN2O2/c1-3-14-15-6-7-23-17(10-20(14,15)23)19(24)13-9-18(21)22-16-5-4-11(25-2)8-12(13)16/h4-5,8-9,14-15,17,19,24H,3,6-7,10H2,1-2H3/t14?,15?,17?,19-,20?/m1/s1. The predicted octanol–water partition coefficient (Wildman–Crippen LogP) is 3.80. The number of benzene rings is 1. The quantitative estimate of drug-likeness (QED) is 0.844. The number of ether oxygens (including phenoxy) is 1. The molecule has 3 fully saturated rings. The Balaban J connectivity index is 1.51. The molecule has 0 amide bonds. The zero-order valence-corrected chi connectivity index (χ0v) is 15.3. The summed E-state index contributed by atoms with van der Waals surface area (Å²) < 4.78 is 5.36. The molecule has 1 saturated carbocycles. The van der Waals surface area contributed by atoms with Crippen LogP contribution < -0.4 is 4.74 Å². The van der Waals surface area contributed by atoms with Gasteiger partial charge in [-0.3, -0.25) is 4.90 Å². The van der Waals surface area contributed by atoms with Gasteiger partial charge < -0.3 is 9.84 Å². The van der Waals surface area contributed by atoms with Gasteiger partial charge in [-0.05, 0) is 61.1 Å². The molecule has 132 valence electrons. The molecule has 1 spiro atoms. The van der Waals surface area contributed by atoms with Crippen molar-refractivity contribution in [3.63, 3.8) is 0 Å². The first kappa shape index (κ1) is 15.9. The number of halogens is 1. The third-order valence-electron chi connectivity index (χ3n) is 6.95. The van der Waals surface area contributed by atoms with Gasteiger partial charge in [0.15, 0.2) is 0 Å². The van der Waals surface area contributed by atoms with E-state index in [2.05, 4.69) is 16.8 Å². The van der Waals surface area contributed by atoms with Gasteiger partial charge in [0.05, 0.1) is 18.7 Å². The average molecular weight is 359 g/mol. The molecular formula is C20H23ClN2O2. The third kappa shape index (κ3) is 1.99. The van der Waals surface area contributed by atoms with Crippen molar-refractivity contribution >= 4 is 22.5 Å². The van der Waals surface area contributed by atoms with E-state index in [-0.39, 0.29) is 6.04 Å². The minimum atomic E-state index is -0.544. The number of pyridine rings is 1. The summed E-state index contributed by atoms with van der Waals surface area (Å²) in [5, 5.41) is 12.6. The molecule has 4 unspecified atom stereocenters. The molecule has 0 radical (unpaired) electrons. The molecular weight excluding hydrogens is 336 g/mol. The van der Waals surface area contributed by atoms with Crippen molar-refractivity contribution < 1.29 is 9.84 Å². The molecule has 5 heteroatoms. The van der Waals surface area contributed by atoms with Crippen LogP contribution in [-0.2, 0) is 0 Å². The van der Waals surface area contributed by atoms with Crippen LogP contribution in [0.5, 0.6) is 5.75 Å². The molecule has 25 heavy (non-hydrogen) atoms. The van der Waals surface area contributed by atoms with E-state index in [1.54, 1.807) is 7.11 Å². The highest BCUT2D eigenvalue weighted by atomic mass is 35.5. The SMILES string of the molecule is CCC1C2CCN3C([C@H](O)c4cc(Cl)nc5ccc(OC)cc45)CC123. The van der Waals surface area contributed by atoms with Gasteiger partial charge in [0, 0.05) is 17.0 Å². The normalized spacial score (nSPS) is 34.3. The second kappa shape index (κ2) is 5.32. The number of piperidine rings is 1. The van der Waals surface area contributed by atoms with E-state index < -0.39 is 6.10 Å². The Hall–Kier alpha value is -1.36. The number of hydrogen-bond acceptors (Lipinski definition) is 4. The maximum absolute atomic E-state index is 11.2. The maximum atomic E-state index is 11.2. The Kier molecular flexibility index (Phi) is 3.38. The highest BCUT2D eigenvalue weighted by molar-refractivity contribution is 6.30. The second-order valence-electron chi connectivity index (χ2n) is 7.73. The van der Waals surface area contributed by atoms with Crippen molar-refractivity contribution in [2.24, 2.45) is 11.8 Å². The van der Waals surface area contributed by atoms with Crippen LogP contribution in [0.15, 0.2) is 24.3 Å². The summed E-state index contributed by atoms with van der Waals surface area (Å²) in [5.41, 5.74) is 2.07. The Morgan fingerprint density at radius 2 is 2.28 bits per heavy atom. The van der Waals surface area contributed by atoms with Crippen LogP contribution in [0.1, 0.15) is 37.9 Å². The highest BCUT2D eigenvalue weighted by Crippen LogP contribution is 2.71. The molecule has 3 aliphatic rings. The molecule has 2 saturated heterocycles. The molecule has 1 aromatic carbocycles. The van der Waals surface area contributed by atoms with Crippen LogP contribution >= 0.6 is 11.6 Å². The van der Waals surface area contributed by atoms with Crippen LogP contribution in [0.4, 0.5) is 0 Å². The Labute approximate surface area is 152 Å². The van der Waals surface area contributed by atoms with Gasteiger partial charge in [-0.25, -0.2) is 4.98 Å². The van der Waals surface area contributed by atoms with Crippen molar-refractivity contribution in [2.45, 2.75) is 43.9 Å². The van der Waals surface area contributed by atoms with E-state index in [1.165, 1.54) is 12.8 Å². The molecule has 4 nitrogen and oxygen atoms in total. The molecule has 1 aliphatic carbocycles.